The lowest BCUT2D eigenvalue weighted by molar-refractivity contribution is 0.102. The highest BCUT2D eigenvalue weighted by atomic mass is 16.5. The van der Waals surface area contributed by atoms with Gasteiger partial charge in [-0.15, -0.1) is 5.10 Å². The minimum atomic E-state index is -0.202. The lowest BCUT2D eigenvalue weighted by Crippen LogP contribution is -2.13. The van der Waals surface area contributed by atoms with E-state index in [1.54, 1.807) is 10.9 Å². The van der Waals surface area contributed by atoms with Crippen LogP contribution in [0.3, 0.4) is 0 Å². The Morgan fingerprint density at radius 1 is 1.33 bits per heavy atom. The Bertz CT molecular complexity index is 647. The van der Waals surface area contributed by atoms with Crippen molar-refractivity contribution in [1.82, 2.24) is 9.78 Å². The van der Waals surface area contributed by atoms with E-state index in [1.807, 2.05) is 45.9 Å². The highest BCUT2D eigenvalue weighted by Gasteiger charge is 2.18. The van der Waals surface area contributed by atoms with E-state index < -0.39 is 0 Å². The number of nitrogens with zero attached hydrogens (tertiary/aromatic N) is 2. The van der Waals surface area contributed by atoms with Crippen molar-refractivity contribution in [1.29, 1.82) is 0 Å². The third kappa shape index (κ3) is 3.42. The highest BCUT2D eigenvalue weighted by Crippen LogP contribution is 2.21. The largest absolute Gasteiger partial charge is 0.476 e. The fraction of sp³-hybridized carbons (Fsp3) is 0.375. The van der Waals surface area contributed by atoms with Crippen molar-refractivity contribution in [2.75, 3.05) is 11.9 Å². The van der Waals surface area contributed by atoms with Crippen LogP contribution in [0, 0.1) is 13.8 Å². The standard InChI is InChI=1S/C16H21N3O2/c1-5-19-10-13(16(18-19)21-6-2)15(20)17-14-9-11(3)7-8-12(14)4/h7-10H,5-6H2,1-4H3,(H,17,20). The zero-order valence-corrected chi connectivity index (χ0v) is 12.9. The molecule has 1 aromatic heterocycles. The second-order valence-electron chi connectivity index (χ2n) is 4.91. The number of anilines is 1. The summed E-state index contributed by atoms with van der Waals surface area (Å²) in [4.78, 5) is 12.5. The van der Waals surface area contributed by atoms with Crippen LogP contribution in [0.25, 0.3) is 0 Å². The molecule has 5 nitrogen and oxygen atoms in total. The van der Waals surface area contributed by atoms with E-state index in [-0.39, 0.29) is 5.91 Å². The van der Waals surface area contributed by atoms with Gasteiger partial charge in [-0.1, -0.05) is 12.1 Å². The van der Waals surface area contributed by atoms with Crippen molar-refractivity contribution in [2.24, 2.45) is 0 Å². The summed E-state index contributed by atoms with van der Waals surface area (Å²) in [7, 11) is 0. The molecule has 0 fully saturated rings. The number of aromatic nitrogens is 2. The van der Waals surface area contributed by atoms with Crippen LogP contribution in [-0.2, 0) is 6.54 Å². The molecule has 0 aliphatic heterocycles. The van der Waals surface area contributed by atoms with Crippen LogP contribution in [0.2, 0.25) is 0 Å². The van der Waals surface area contributed by atoms with Crippen LogP contribution in [-0.4, -0.2) is 22.3 Å². The summed E-state index contributed by atoms with van der Waals surface area (Å²) in [5.41, 5.74) is 3.39. The van der Waals surface area contributed by atoms with Crippen LogP contribution >= 0.6 is 0 Å². The summed E-state index contributed by atoms with van der Waals surface area (Å²) >= 11 is 0. The average Bonchev–Trinajstić information content (AvgIpc) is 2.86. The number of carbonyl (C=O) groups is 1. The summed E-state index contributed by atoms with van der Waals surface area (Å²) in [5.74, 6) is 0.175. The zero-order chi connectivity index (χ0) is 15.4. The first-order chi connectivity index (χ1) is 10.0. The molecular weight excluding hydrogens is 266 g/mol. The topological polar surface area (TPSA) is 56.2 Å². The lowest BCUT2D eigenvalue weighted by Gasteiger charge is -2.09. The first kappa shape index (κ1) is 15.1. The van der Waals surface area contributed by atoms with E-state index in [9.17, 15) is 4.79 Å². The minimum absolute atomic E-state index is 0.202. The van der Waals surface area contributed by atoms with Gasteiger partial charge in [0.05, 0.1) is 6.61 Å². The molecule has 0 bridgehead atoms. The van der Waals surface area contributed by atoms with Crippen molar-refractivity contribution in [2.45, 2.75) is 34.2 Å². The Morgan fingerprint density at radius 2 is 2.10 bits per heavy atom. The monoisotopic (exact) mass is 287 g/mol. The molecule has 1 aromatic carbocycles. The van der Waals surface area contributed by atoms with Crippen LogP contribution in [0.5, 0.6) is 5.88 Å². The van der Waals surface area contributed by atoms with E-state index in [1.165, 1.54) is 0 Å². The number of hydrogen-bond acceptors (Lipinski definition) is 3. The number of nitrogens with one attached hydrogen (secondary N) is 1. The Morgan fingerprint density at radius 3 is 2.76 bits per heavy atom. The second-order valence-corrected chi connectivity index (χ2v) is 4.91. The molecule has 0 saturated heterocycles. The molecule has 0 unspecified atom stereocenters. The van der Waals surface area contributed by atoms with Gasteiger partial charge in [-0.05, 0) is 44.9 Å². The van der Waals surface area contributed by atoms with Crippen LogP contribution < -0.4 is 10.1 Å². The SMILES string of the molecule is CCOc1nn(CC)cc1C(=O)Nc1cc(C)ccc1C. The van der Waals surface area contributed by atoms with Gasteiger partial charge in [-0.3, -0.25) is 9.48 Å². The van der Waals surface area contributed by atoms with Gasteiger partial charge >= 0.3 is 0 Å². The maximum atomic E-state index is 12.5. The van der Waals surface area contributed by atoms with Gasteiger partial charge < -0.3 is 10.1 Å². The third-order valence-electron chi connectivity index (χ3n) is 3.22. The Hall–Kier alpha value is -2.30. The van der Waals surface area contributed by atoms with Gasteiger partial charge in [0.25, 0.3) is 5.91 Å². The van der Waals surface area contributed by atoms with Gasteiger partial charge in [-0.2, -0.15) is 0 Å². The number of hydrogen-bond donors (Lipinski definition) is 1. The number of ether oxygens (including phenoxy) is 1. The smallest absolute Gasteiger partial charge is 0.262 e. The van der Waals surface area contributed by atoms with E-state index in [0.29, 0.717) is 24.6 Å². The molecule has 1 heterocycles. The van der Waals surface area contributed by atoms with E-state index >= 15 is 0 Å². The van der Waals surface area contributed by atoms with Crippen LogP contribution in [0.1, 0.15) is 35.3 Å². The van der Waals surface area contributed by atoms with E-state index in [4.69, 9.17) is 4.74 Å². The molecule has 1 N–H and O–H groups in total. The quantitative estimate of drug-likeness (QED) is 0.919. The van der Waals surface area contributed by atoms with Gasteiger partial charge in [-0.25, -0.2) is 0 Å². The first-order valence-corrected chi connectivity index (χ1v) is 7.14. The number of carbonyl (C=O) groups excluding carboxylic acids is 1. The summed E-state index contributed by atoms with van der Waals surface area (Å²) in [6.07, 6.45) is 1.71. The fourth-order valence-electron chi connectivity index (χ4n) is 2.02. The molecule has 0 aliphatic rings. The first-order valence-electron chi connectivity index (χ1n) is 7.14. The molecule has 1 amide bonds. The van der Waals surface area contributed by atoms with Crippen LogP contribution in [0.15, 0.2) is 24.4 Å². The van der Waals surface area contributed by atoms with E-state index in [2.05, 4.69) is 10.4 Å². The lowest BCUT2D eigenvalue weighted by atomic mass is 10.1. The molecule has 0 atom stereocenters. The normalized spacial score (nSPS) is 10.5. The molecule has 112 valence electrons. The molecule has 21 heavy (non-hydrogen) atoms. The number of amides is 1. The molecule has 0 radical (unpaired) electrons. The third-order valence-corrected chi connectivity index (χ3v) is 3.22. The zero-order valence-electron chi connectivity index (χ0n) is 12.9. The van der Waals surface area contributed by atoms with Crippen molar-refractivity contribution >= 4 is 11.6 Å². The van der Waals surface area contributed by atoms with Crippen molar-refractivity contribution in [3.8, 4) is 5.88 Å². The van der Waals surface area contributed by atoms with Crippen molar-refractivity contribution < 1.29 is 9.53 Å². The fourth-order valence-corrected chi connectivity index (χ4v) is 2.02. The van der Waals surface area contributed by atoms with Gasteiger partial charge in [0.1, 0.15) is 5.56 Å². The Kier molecular flexibility index (Phi) is 4.62. The predicted molar refractivity (Wildman–Crippen MR) is 82.9 cm³/mol. The molecule has 5 heteroatoms. The van der Waals surface area contributed by atoms with Crippen molar-refractivity contribution in [3.63, 3.8) is 0 Å². The summed E-state index contributed by atoms with van der Waals surface area (Å²) in [6, 6.07) is 5.97. The van der Waals surface area contributed by atoms with Crippen LogP contribution in [0.4, 0.5) is 5.69 Å². The number of benzene rings is 1. The maximum Gasteiger partial charge on any atom is 0.262 e. The van der Waals surface area contributed by atoms with E-state index in [0.717, 1.165) is 16.8 Å². The molecule has 2 aromatic rings. The second kappa shape index (κ2) is 6.43. The van der Waals surface area contributed by atoms with Gasteiger partial charge in [0.15, 0.2) is 0 Å². The molecular formula is C16H21N3O2. The van der Waals surface area contributed by atoms with Gasteiger partial charge in [0, 0.05) is 18.4 Å². The summed E-state index contributed by atoms with van der Waals surface area (Å²) < 4.78 is 7.14. The average molecular weight is 287 g/mol. The highest BCUT2D eigenvalue weighted by molar-refractivity contribution is 6.06. The predicted octanol–water partition coefficient (Wildman–Crippen LogP) is 3.17. The molecule has 0 spiro atoms. The molecule has 0 saturated carbocycles. The Labute approximate surface area is 124 Å². The number of aryl methyl sites for hydroxylation is 3. The molecule has 2 rings (SSSR count). The minimum Gasteiger partial charge on any atom is -0.476 e. The molecule has 0 aliphatic carbocycles. The summed E-state index contributed by atoms with van der Waals surface area (Å²) in [6.45, 7) is 8.97. The Balaban J connectivity index is 2.27. The van der Waals surface area contributed by atoms with Crippen molar-refractivity contribution in [3.05, 3.63) is 41.1 Å². The summed E-state index contributed by atoms with van der Waals surface area (Å²) in [5, 5.41) is 7.19. The maximum absolute atomic E-state index is 12.5. The van der Waals surface area contributed by atoms with Gasteiger partial charge in [0.2, 0.25) is 5.88 Å². The number of rotatable bonds is 5.